The van der Waals surface area contributed by atoms with Gasteiger partial charge in [0.2, 0.25) is 0 Å². The molecule has 120 valence electrons. The number of halogens is 2. The zero-order valence-corrected chi connectivity index (χ0v) is 13.5. The second-order valence-electron chi connectivity index (χ2n) is 5.18. The number of benzene rings is 1. The molecule has 21 heavy (non-hydrogen) atoms. The van der Waals surface area contributed by atoms with Crippen LogP contribution in [-0.4, -0.2) is 34.9 Å². The van der Waals surface area contributed by atoms with Crippen LogP contribution in [0.2, 0.25) is 0 Å². The van der Waals surface area contributed by atoms with Crippen LogP contribution in [0.3, 0.4) is 0 Å². The van der Waals surface area contributed by atoms with Gasteiger partial charge in [-0.15, -0.1) is 0 Å². The first-order chi connectivity index (χ1) is 9.88. The monoisotopic (exact) mass is 319 g/mol. The minimum Gasteiger partial charge on any atom is -0.435 e. The van der Waals surface area contributed by atoms with Crippen molar-refractivity contribution in [3.05, 3.63) is 29.8 Å². The third kappa shape index (κ3) is 7.52. The fraction of sp³-hybridized carbons (Fsp3) is 0.600. The molecule has 0 amide bonds. The van der Waals surface area contributed by atoms with E-state index in [-0.39, 0.29) is 11.0 Å². The molecule has 3 unspecified atom stereocenters. The molecule has 3 nitrogen and oxygen atoms in total. The Bertz CT molecular complexity index is 440. The maximum Gasteiger partial charge on any atom is 0.387 e. The maximum absolute atomic E-state index is 12.0. The van der Waals surface area contributed by atoms with Crippen LogP contribution in [0.5, 0.6) is 5.75 Å². The summed E-state index contributed by atoms with van der Waals surface area (Å²) in [4.78, 5) is 0. The molecule has 0 aliphatic heterocycles. The van der Waals surface area contributed by atoms with Crippen LogP contribution < -0.4 is 10.1 Å². The lowest BCUT2D eigenvalue weighted by molar-refractivity contribution is -0.0498. The van der Waals surface area contributed by atoms with Crippen LogP contribution in [0, 0.1) is 0 Å². The van der Waals surface area contributed by atoms with Crippen molar-refractivity contribution in [3.8, 4) is 5.75 Å². The van der Waals surface area contributed by atoms with E-state index in [0.29, 0.717) is 6.04 Å². The van der Waals surface area contributed by atoms with Crippen LogP contribution in [-0.2, 0) is 17.2 Å². The number of hydrogen-bond donors (Lipinski definition) is 1. The first kappa shape index (κ1) is 18.0. The Kier molecular flexibility index (Phi) is 7.82. The van der Waals surface area contributed by atoms with Crippen LogP contribution in [0.4, 0.5) is 8.78 Å². The standard InChI is InChI=1S/C15H23F2NO2S/c1-11(18-10-12(2)21(3)19)4-5-13-6-8-14(9-7-13)20-15(16)17/h6-9,11-12,15,18H,4-5,10H2,1-3H3. The lowest BCUT2D eigenvalue weighted by Crippen LogP contribution is -2.34. The fourth-order valence-corrected chi connectivity index (χ4v) is 2.14. The number of alkyl halides is 2. The Morgan fingerprint density at radius 3 is 2.38 bits per heavy atom. The summed E-state index contributed by atoms with van der Waals surface area (Å²) >= 11 is 0. The summed E-state index contributed by atoms with van der Waals surface area (Å²) in [5, 5.41) is 3.49. The van der Waals surface area contributed by atoms with Crippen molar-refractivity contribution in [2.24, 2.45) is 0 Å². The van der Waals surface area contributed by atoms with Crippen molar-refractivity contribution < 1.29 is 17.7 Å². The van der Waals surface area contributed by atoms with E-state index in [1.807, 2.05) is 6.92 Å². The van der Waals surface area contributed by atoms with E-state index in [2.05, 4.69) is 17.0 Å². The smallest absolute Gasteiger partial charge is 0.387 e. The molecule has 0 spiro atoms. The Morgan fingerprint density at radius 2 is 1.86 bits per heavy atom. The Labute approximate surface area is 127 Å². The highest BCUT2D eigenvalue weighted by atomic mass is 32.2. The lowest BCUT2D eigenvalue weighted by atomic mass is 10.1. The normalized spacial score (nSPS) is 15.7. The molecular formula is C15H23F2NO2S. The molecule has 1 rings (SSSR count). The van der Waals surface area contributed by atoms with Gasteiger partial charge in [0, 0.05) is 34.9 Å². The van der Waals surface area contributed by atoms with Gasteiger partial charge >= 0.3 is 6.61 Å². The minimum atomic E-state index is -2.79. The molecule has 0 aliphatic rings. The first-order valence-corrected chi connectivity index (χ1v) is 8.60. The van der Waals surface area contributed by atoms with Gasteiger partial charge in [-0.25, -0.2) is 0 Å². The van der Waals surface area contributed by atoms with Crippen LogP contribution in [0.1, 0.15) is 25.8 Å². The summed E-state index contributed by atoms with van der Waals surface area (Å²) in [5.74, 6) is 0.180. The molecule has 0 aliphatic carbocycles. The quantitative estimate of drug-likeness (QED) is 0.760. The second kappa shape index (κ2) is 9.10. The molecular weight excluding hydrogens is 296 g/mol. The summed E-state index contributed by atoms with van der Waals surface area (Å²) < 4.78 is 39.6. The number of rotatable bonds is 9. The molecule has 0 aromatic heterocycles. The van der Waals surface area contributed by atoms with E-state index in [9.17, 15) is 13.0 Å². The minimum absolute atomic E-state index is 0.137. The molecule has 0 saturated carbocycles. The third-order valence-electron chi connectivity index (χ3n) is 3.33. The van der Waals surface area contributed by atoms with E-state index in [1.165, 1.54) is 0 Å². The number of hydrogen-bond acceptors (Lipinski definition) is 3. The van der Waals surface area contributed by atoms with E-state index >= 15 is 0 Å². The SMILES string of the molecule is CC(CCc1ccc(OC(F)F)cc1)NCC(C)S(C)=O. The number of nitrogens with one attached hydrogen (secondary N) is 1. The molecule has 0 fully saturated rings. The fourth-order valence-electron chi connectivity index (χ4n) is 1.81. The Hall–Kier alpha value is -1.01. The van der Waals surface area contributed by atoms with Gasteiger partial charge in [0.15, 0.2) is 0 Å². The van der Waals surface area contributed by atoms with Gasteiger partial charge in [0.25, 0.3) is 0 Å². The molecule has 1 aromatic carbocycles. The summed E-state index contributed by atoms with van der Waals surface area (Å²) in [6.45, 7) is 1.98. The highest BCUT2D eigenvalue weighted by Crippen LogP contribution is 2.16. The second-order valence-corrected chi connectivity index (χ2v) is 6.98. The van der Waals surface area contributed by atoms with Crippen molar-refractivity contribution in [2.45, 2.75) is 44.6 Å². The van der Waals surface area contributed by atoms with Gasteiger partial charge in [-0.05, 0) is 44.4 Å². The van der Waals surface area contributed by atoms with Crippen LogP contribution in [0.15, 0.2) is 24.3 Å². The van der Waals surface area contributed by atoms with Crippen molar-refractivity contribution >= 4 is 10.8 Å². The van der Waals surface area contributed by atoms with Crippen molar-refractivity contribution in [1.29, 1.82) is 0 Å². The van der Waals surface area contributed by atoms with Gasteiger partial charge in [0.05, 0.1) is 0 Å². The average Bonchev–Trinajstić information content (AvgIpc) is 2.43. The maximum atomic E-state index is 12.0. The van der Waals surface area contributed by atoms with Gasteiger partial charge < -0.3 is 10.1 Å². The van der Waals surface area contributed by atoms with E-state index < -0.39 is 17.4 Å². The Morgan fingerprint density at radius 1 is 1.24 bits per heavy atom. The lowest BCUT2D eigenvalue weighted by Gasteiger charge is -2.16. The van der Waals surface area contributed by atoms with Gasteiger partial charge in [-0.2, -0.15) is 8.78 Å². The molecule has 0 heterocycles. The van der Waals surface area contributed by atoms with E-state index in [4.69, 9.17) is 0 Å². The topological polar surface area (TPSA) is 38.3 Å². The summed E-state index contributed by atoms with van der Waals surface area (Å²) in [6.07, 6.45) is 3.49. The van der Waals surface area contributed by atoms with Gasteiger partial charge in [-0.3, -0.25) is 4.21 Å². The molecule has 6 heteroatoms. The molecule has 0 bridgehead atoms. The summed E-state index contributed by atoms with van der Waals surface area (Å²) in [7, 11) is -0.812. The zero-order valence-electron chi connectivity index (χ0n) is 12.6. The van der Waals surface area contributed by atoms with Gasteiger partial charge in [0.1, 0.15) is 5.75 Å². The average molecular weight is 319 g/mol. The predicted molar refractivity (Wildman–Crippen MR) is 82.4 cm³/mol. The van der Waals surface area contributed by atoms with Crippen LogP contribution >= 0.6 is 0 Å². The Balaban J connectivity index is 2.32. The van der Waals surface area contributed by atoms with E-state index in [0.717, 1.165) is 24.9 Å². The molecule has 1 aromatic rings. The van der Waals surface area contributed by atoms with E-state index in [1.54, 1.807) is 30.5 Å². The predicted octanol–water partition coefficient (Wildman–Crippen LogP) is 2.97. The molecule has 1 N–H and O–H groups in total. The largest absolute Gasteiger partial charge is 0.435 e. The van der Waals surface area contributed by atoms with Crippen molar-refractivity contribution in [3.63, 3.8) is 0 Å². The third-order valence-corrected chi connectivity index (χ3v) is 4.63. The van der Waals surface area contributed by atoms with Gasteiger partial charge in [-0.1, -0.05) is 12.1 Å². The number of aryl methyl sites for hydroxylation is 1. The highest BCUT2D eigenvalue weighted by molar-refractivity contribution is 7.84. The molecule has 3 atom stereocenters. The highest BCUT2D eigenvalue weighted by Gasteiger charge is 2.09. The first-order valence-electron chi connectivity index (χ1n) is 6.98. The molecule has 0 saturated heterocycles. The van der Waals surface area contributed by atoms with Crippen LogP contribution in [0.25, 0.3) is 0 Å². The number of ether oxygens (including phenoxy) is 1. The summed E-state index contributed by atoms with van der Waals surface area (Å²) in [5.41, 5.74) is 1.08. The summed E-state index contributed by atoms with van der Waals surface area (Å²) in [6, 6.07) is 7.03. The van der Waals surface area contributed by atoms with Crippen molar-refractivity contribution in [1.82, 2.24) is 5.32 Å². The molecule has 0 radical (unpaired) electrons. The zero-order chi connectivity index (χ0) is 15.8. The van der Waals surface area contributed by atoms with Crippen molar-refractivity contribution in [2.75, 3.05) is 12.8 Å².